The van der Waals surface area contributed by atoms with Gasteiger partial charge in [-0.05, 0) is 87.8 Å². The van der Waals surface area contributed by atoms with Crippen molar-refractivity contribution in [3.8, 4) is 5.75 Å². The van der Waals surface area contributed by atoms with Crippen molar-refractivity contribution in [1.82, 2.24) is 14.7 Å². The van der Waals surface area contributed by atoms with E-state index in [9.17, 15) is 0 Å². The first-order valence-electron chi connectivity index (χ1n) is 11.0. The molecule has 4 rings (SSSR count). The molecule has 152 valence electrons. The van der Waals surface area contributed by atoms with Crippen LogP contribution in [0.4, 0.5) is 0 Å². The maximum Gasteiger partial charge on any atom is 0.119 e. The number of rotatable bonds is 8. The minimum atomic E-state index is 0.547. The molecule has 2 fully saturated rings. The van der Waals surface area contributed by atoms with Crippen molar-refractivity contribution in [2.75, 3.05) is 26.7 Å². The van der Waals surface area contributed by atoms with E-state index in [4.69, 9.17) is 9.84 Å². The van der Waals surface area contributed by atoms with Crippen molar-refractivity contribution in [2.45, 2.75) is 58.4 Å². The van der Waals surface area contributed by atoms with Gasteiger partial charge in [0, 0.05) is 11.6 Å². The topological polar surface area (TPSA) is 30.3 Å². The lowest BCUT2D eigenvalue weighted by molar-refractivity contribution is 0.250. The average Bonchev–Trinajstić information content (AvgIpc) is 3.41. The van der Waals surface area contributed by atoms with Gasteiger partial charge >= 0.3 is 0 Å². The molecule has 1 aromatic heterocycles. The molecule has 2 aliphatic rings. The van der Waals surface area contributed by atoms with Crippen LogP contribution in [0.15, 0.2) is 30.3 Å². The van der Waals surface area contributed by atoms with Crippen molar-refractivity contribution in [2.24, 2.45) is 11.8 Å². The molecule has 0 N–H and O–H groups in total. The molecule has 4 nitrogen and oxygen atoms in total. The van der Waals surface area contributed by atoms with E-state index >= 15 is 0 Å². The van der Waals surface area contributed by atoms with E-state index in [1.807, 2.05) is 0 Å². The van der Waals surface area contributed by atoms with Crippen LogP contribution in [0.3, 0.4) is 0 Å². The molecule has 0 spiro atoms. The number of nitrogens with zero attached hydrogens (tertiary/aromatic N) is 3. The van der Waals surface area contributed by atoms with Gasteiger partial charge in [-0.3, -0.25) is 4.68 Å². The first-order valence-corrected chi connectivity index (χ1v) is 11.0. The summed E-state index contributed by atoms with van der Waals surface area (Å²) in [6.45, 7) is 8.36. The van der Waals surface area contributed by atoms with Crippen LogP contribution in [0, 0.1) is 11.8 Å². The fourth-order valence-electron chi connectivity index (χ4n) is 4.09. The zero-order chi connectivity index (χ0) is 19.5. The van der Waals surface area contributed by atoms with Gasteiger partial charge in [0.15, 0.2) is 0 Å². The number of benzene rings is 1. The zero-order valence-electron chi connectivity index (χ0n) is 17.7. The summed E-state index contributed by atoms with van der Waals surface area (Å²) in [5.74, 6) is 3.03. The molecule has 1 aliphatic heterocycles. The molecule has 1 saturated carbocycles. The fraction of sp³-hybridized carbons (Fsp3) is 0.625. The molecule has 2 heterocycles. The van der Waals surface area contributed by atoms with E-state index in [2.05, 4.69) is 60.8 Å². The van der Waals surface area contributed by atoms with E-state index in [0.717, 1.165) is 31.2 Å². The highest BCUT2D eigenvalue weighted by molar-refractivity contribution is 5.28. The predicted molar refractivity (Wildman–Crippen MR) is 114 cm³/mol. The van der Waals surface area contributed by atoms with Crippen LogP contribution >= 0.6 is 0 Å². The van der Waals surface area contributed by atoms with E-state index in [0.29, 0.717) is 11.8 Å². The maximum absolute atomic E-state index is 5.83. The van der Waals surface area contributed by atoms with E-state index in [1.165, 1.54) is 55.7 Å². The van der Waals surface area contributed by atoms with Gasteiger partial charge in [0.1, 0.15) is 5.75 Å². The van der Waals surface area contributed by atoms with Gasteiger partial charge in [0.05, 0.1) is 18.8 Å². The molecule has 2 aromatic rings. The summed E-state index contributed by atoms with van der Waals surface area (Å²) in [5, 5.41) is 5.03. The van der Waals surface area contributed by atoms with Crippen LogP contribution < -0.4 is 4.74 Å². The van der Waals surface area contributed by atoms with Crippen molar-refractivity contribution in [1.29, 1.82) is 0 Å². The van der Waals surface area contributed by atoms with E-state index in [-0.39, 0.29) is 0 Å². The highest BCUT2D eigenvalue weighted by Crippen LogP contribution is 2.34. The Kier molecular flexibility index (Phi) is 6.05. The molecule has 0 amide bonds. The third kappa shape index (κ3) is 5.16. The van der Waals surface area contributed by atoms with Crippen molar-refractivity contribution in [3.05, 3.63) is 47.3 Å². The third-order valence-electron chi connectivity index (χ3n) is 6.03. The summed E-state index contributed by atoms with van der Waals surface area (Å²) in [5.41, 5.74) is 4.05. The second-order valence-electron chi connectivity index (χ2n) is 9.29. The van der Waals surface area contributed by atoms with Gasteiger partial charge in [-0.1, -0.05) is 26.0 Å². The molecule has 1 saturated heterocycles. The summed E-state index contributed by atoms with van der Waals surface area (Å²) in [6.07, 6.45) is 6.41. The van der Waals surface area contributed by atoms with Gasteiger partial charge in [0.25, 0.3) is 0 Å². The predicted octanol–water partition coefficient (Wildman–Crippen LogP) is 4.73. The molecule has 0 unspecified atom stereocenters. The summed E-state index contributed by atoms with van der Waals surface area (Å²) < 4.78 is 8.12. The number of aromatic nitrogens is 2. The Morgan fingerprint density at radius 2 is 1.79 bits per heavy atom. The number of hydrogen-bond acceptors (Lipinski definition) is 3. The van der Waals surface area contributed by atoms with Crippen molar-refractivity contribution in [3.63, 3.8) is 0 Å². The largest absolute Gasteiger partial charge is 0.493 e. The van der Waals surface area contributed by atoms with Crippen LogP contribution in [0.2, 0.25) is 0 Å². The Morgan fingerprint density at radius 1 is 1.07 bits per heavy atom. The summed E-state index contributed by atoms with van der Waals surface area (Å²) >= 11 is 0. The van der Waals surface area contributed by atoms with E-state index in [1.54, 1.807) is 0 Å². The molecule has 0 bridgehead atoms. The Balaban J connectivity index is 1.48. The van der Waals surface area contributed by atoms with Crippen molar-refractivity contribution >= 4 is 0 Å². The molecule has 1 aliphatic carbocycles. The van der Waals surface area contributed by atoms with Crippen molar-refractivity contribution < 1.29 is 4.74 Å². The molecule has 0 atom stereocenters. The lowest BCUT2D eigenvalue weighted by Gasteiger charge is -2.29. The smallest absolute Gasteiger partial charge is 0.119 e. The summed E-state index contributed by atoms with van der Waals surface area (Å²) in [7, 11) is 2.23. The Hall–Kier alpha value is -1.81. The molecular weight excluding hydrogens is 346 g/mol. The van der Waals surface area contributed by atoms with Gasteiger partial charge in [-0.2, -0.15) is 5.10 Å². The average molecular weight is 382 g/mol. The van der Waals surface area contributed by atoms with Gasteiger partial charge < -0.3 is 9.64 Å². The molecule has 28 heavy (non-hydrogen) atoms. The fourth-order valence-corrected chi connectivity index (χ4v) is 4.09. The van der Waals surface area contributed by atoms with Gasteiger partial charge in [-0.15, -0.1) is 0 Å². The van der Waals surface area contributed by atoms with Crippen LogP contribution in [0.5, 0.6) is 5.75 Å². The van der Waals surface area contributed by atoms with E-state index < -0.39 is 0 Å². The zero-order valence-corrected chi connectivity index (χ0v) is 17.7. The Morgan fingerprint density at radius 3 is 2.43 bits per heavy atom. The number of piperidine rings is 1. The van der Waals surface area contributed by atoms with Crippen LogP contribution in [-0.2, 0) is 13.0 Å². The number of likely N-dealkylation sites (tertiary alicyclic amines) is 1. The molecule has 1 aromatic carbocycles. The monoisotopic (exact) mass is 381 g/mol. The number of hydrogen-bond donors (Lipinski definition) is 0. The standard InChI is InChI=1S/C24H35N3O/c1-18(2)17-28-23-8-6-20(7-9-23)16-27-24(21-10-12-26(3)13-11-21)15-22(25-27)14-19-4-5-19/h6-9,15,18-19,21H,4-5,10-14,16-17H2,1-3H3. The molecule has 4 heteroatoms. The summed E-state index contributed by atoms with van der Waals surface area (Å²) in [4.78, 5) is 2.44. The maximum atomic E-state index is 5.83. The minimum Gasteiger partial charge on any atom is -0.493 e. The van der Waals surface area contributed by atoms with Gasteiger partial charge in [0.2, 0.25) is 0 Å². The summed E-state index contributed by atoms with van der Waals surface area (Å²) in [6, 6.07) is 11.0. The Labute approximate surface area is 169 Å². The third-order valence-corrected chi connectivity index (χ3v) is 6.03. The second-order valence-corrected chi connectivity index (χ2v) is 9.29. The second kappa shape index (κ2) is 8.69. The normalized spacial score (nSPS) is 18.7. The minimum absolute atomic E-state index is 0.547. The molecular formula is C24H35N3O. The van der Waals surface area contributed by atoms with Crippen LogP contribution in [-0.4, -0.2) is 41.4 Å². The first-order chi connectivity index (χ1) is 13.6. The first kappa shape index (κ1) is 19.5. The van der Waals surface area contributed by atoms with Crippen LogP contribution in [0.25, 0.3) is 0 Å². The number of ether oxygens (including phenoxy) is 1. The van der Waals surface area contributed by atoms with Crippen LogP contribution in [0.1, 0.15) is 62.4 Å². The Bertz CT molecular complexity index is 753. The lowest BCUT2D eigenvalue weighted by atomic mass is 9.93. The molecule has 0 radical (unpaired) electrons. The highest BCUT2D eigenvalue weighted by atomic mass is 16.5. The lowest BCUT2D eigenvalue weighted by Crippen LogP contribution is -2.30. The van der Waals surface area contributed by atoms with Gasteiger partial charge in [-0.25, -0.2) is 0 Å². The highest BCUT2D eigenvalue weighted by Gasteiger charge is 2.26. The quantitative estimate of drug-likeness (QED) is 0.662. The SMILES string of the molecule is CC(C)COc1ccc(Cn2nc(CC3CC3)cc2C2CCN(C)CC2)cc1.